The van der Waals surface area contributed by atoms with Crippen LogP contribution in [0.15, 0.2) is 47.1 Å². The molecule has 12 atom stereocenters. The highest BCUT2D eigenvalue weighted by Crippen LogP contribution is 2.70. The lowest BCUT2D eigenvalue weighted by atomic mass is 9.44. The van der Waals surface area contributed by atoms with Crippen LogP contribution >= 0.6 is 15.9 Å². The van der Waals surface area contributed by atoms with Crippen LogP contribution in [0.4, 0.5) is 0 Å². The predicted octanol–water partition coefficient (Wildman–Crippen LogP) is 9.99. The molecule has 2 heterocycles. The van der Waals surface area contributed by atoms with E-state index in [-0.39, 0.29) is 0 Å². The average molecular weight is 637 g/mol. The Morgan fingerprint density at radius 3 is 2.60 bits per heavy atom. The lowest BCUT2D eigenvalue weighted by molar-refractivity contribution is -0.139. The molecular weight excluding hydrogens is 582 g/mol. The average Bonchev–Trinajstić information content (AvgIpc) is 3.67. The minimum atomic E-state index is 0.430. The van der Waals surface area contributed by atoms with Gasteiger partial charge in [-0.15, -0.1) is 0 Å². The van der Waals surface area contributed by atoms with Crippen LogP contribution in [-0.2, 0) is 22.5 Å². The third kappa shape index (κ3) is 5.28. The minimum absolute atomic E-state index is 0.430. The molecule has 2 aromatic rings. The zero-order valence-corrected chi connectivity index (χ0v) is 28.1. The Morgan fingerprint density at radius 1 is 1.00 bits per heavy atom. The summed E-state index contributed by atoms with van der Waals surface area (Å²) in [7, 11) is 0. The topological polar surface area (TPSA) is 34.2 Å². The van der Waals surface area contributed by atoms with Gasteiger partial charge in [-0.05, 0) is 153 Å². The standard InChI is InChI=1S/C38H54BrNO2/c1-24(20-29-6-5-19-40-29)7-14-34-25(2)36-35(42-34)22-33-31-13-10-27-21-30(41-23-26-8-11-28(39)12-9-26)15-17-37(27,3)32(31)16-18-38(33,36)4/h5-6,8-9,11-12,19,24-25,27,30-36,40H,7,10,13-18,20-23H2,1-4H3/t24-,25+,27+,30-,31+,32-,33-,34+,35-,36-,37-,38-/m0/s1. The zero-order valence-electron chi connectivity index (χ0n) is 26.5. The summed E-state index contributed by atoms with van der Waals surface area (Å²) in [5, 5.41) is 0. The van der Waals surface area contributed by atoms with Crippen LogP contribution < -0.4 is 0 Å². The van der Waals surface area contributed by atoms with Crippen molar-refractivity contribution in [2.45, 2.75) is 123 Å². The number of aromatic nitrogens is 1. The molecule has 3 nitrogen and oxygen atoms in total. The van der Waals surface area contributed by atoms with Crippen molar-refractivity contribution in [1.82, 2.24) is 4.98 Å². The maximum Gasteiger partial charge on any atom is 0.0720 e. The largest absolute Gasteiger partial charge is 0.374 e. The van der Waals surface area contributed by atoms with Gasteiger partial charge in [0.25, 0.3) is 0 Å². The Bertz CT molecular complexity index is 1200. The van der Waals surface area contributed by atoms with Gasteiger partial charge in [0.2, 0.25) is 0 Å². The van der Waals surface area contributed by atoms with Crippen molar-refractivity contribution < 1.29 is 9.47 Å². The summed E-state index contributed by atoms with van der Waals surface area (Å²) < 4.78 is 14.7. The molecule has 0 bridgehead atoms. The van der Waals surface area contributed by atoms with E-state index >= 15 is 0 Å². The van der Waals surface area contributed by atoms with E-state index in [0.717, 1.165) is 47.1 Å². The highest BCUT2D eigenvalue weighted by Gasteiger charge is 2.65. The predicted molar refractivity (Wildman–Crippen MR) is 174 cm³/mol. The van der Waals surface area contributed by atoms with Crippen LogP contribution in [0, 0.1) is 52.3 Å². The smallest absolute Gasteiger partial charge is 0.0720 e. The Kier molecular flexibility index (Phi) is 8.23. The highest BCUT2D eigenvalue weighted by molar-refractivity contribution is 9.10. The first-order valence-electron chi connectivity index (χ1n) is 17.4. The summed E-state index contributed by atoms with van der Waals surface area (Å²) in [5.41, 5.74) is 3.64. The number of rotatable bonds is 8. The zero-order chi connectivity index (χ0) is 29.1. The number of ether oxygens (including phenoxy) is 2. The van der Waals surface area contributed by atoms with E-state index in [9.17, 15) is 0 Å². The van der Waals surface area contributed by atoms with Crippen molar-refractivity contribution in [2.75, 3.05) is 0 Å². The molecule has 0 unspecified atom stereocenters. The van der Waals surface area contributed by atoms with E-state index in [2.05, 4.69) is 91.2 Å². The van der Waals surface area contributed by atoms with Gasteiger partial charge in [-0.1, -0.05) is 55.8 Å². The molecule has 1 N–H and O–H groups in total. The molecule has 0 amide bonds. The van der Waals surface area contributed by atoms with Gasteiger partial charge in [-0.3, -0.25) is 0 Å². The van der Waals surface area contributed by atoms with Crippen molar-refractivity contribution in [1.29, 1.82) is 0 Å². The molecule has 1 aliphatic heterocycles. The van der Waals surface area contributed by atoms with Crippen molar-refractivity contribution in [3.8, 4) is 0 Å². The first-order valence-corrected chi connectivity index (χ1v) is 18.2. The third-order valence-electron chi connectivity index (χ3n) is 13.8. The molecule has 230 valence electrons. The molecule has 4 saturated carbocycles. The SMILES string of the molecule is C[C@@H](CC[C@H]1O[C@H]2C[C@H]3[C@@H]4CC[C@@H]5C[C@@H](OCc6ccc(Br)cc6)CC[C@]5(C)[C@H]4CC[C@]3(C)[C@H]2[C@@H]1C)Cc1ccc[nH]1. The second kappa shape index (κ2) is 11.7. The van der Waals surface area contributed by atoms with E-state index in [4.69, 9.17) is 9.47 Å². The molecule has 4 aliphatic carbocycles. The van der Waals surface area contributed by atoms with Crippen molar-refractivity contribution in [2.24, 2.45) is 52.3 Å². The van der Waals surface area contributed by atoms with E-state index in [0.29, 0.717) is 41.0 Å². The van der Waals surface area contributed by atoms with Gasteiger partial charge < -0.3 is 14.5 Å². The number of nitrogens with one attached hydrogen (secondary N) is 1. The van der Waals surface area contributed by atoms with Gasteiger partial charge >= 0.3 is 0 Å². The van der Waals surface area contributed by atoms with Crippen molar-refractivity contribution in [3.63, 3.8) is 0 Å². The lowest BCUT2D eigenvalue weighted by Crippen LogP contribution is -2.54. The fourth-order valence-electron chi connectivity index (χ4n) is 11.6. The molecule has 1 saturated heterocycles. The number of hydrogen-bond acceptors (Lipinski definition) is 2. The van der Waals surface area contributed by atoms with E-state index in [1.54, 1.807) is 0 Å². The first kappa shape index (κ1) is 29.6. The van der Waals surface area contributed by atoms with E-state index < -0.39 is 0 Å². The first-order chi connectivity index (χ1) is 20.2. The maximum absolute atomic E-state index is 7.01. The molecule has 1 aromatic carbocycles. The summed E-state index contributed by atoms with van der Waals surface area (Å²) in [6.07, 6.45) is 18.0. The summed E-state index contributed by atoms with van der Waals surface area (Å²) >= 11 is 3.55. The van der Waals surface area contributed by atoms with Crippen LogP contribution in [0.5, 0.6) is 0 Å². The van der Waals surface area contributed by atoms with Crippen LogP contribution in [-0.4, -0.2) is 23.3 Å². The number of H-pyrrole nitrogens is 1. The normalized spacial score (nSPS) is 43.3. The van der Waals surface area contributed by atoms with Crippen LogP contribution in [0.3, 0.4) is 0 Å². The monoisotopic (exact) mass is 635 g/mol. The molecule has 0 spiro atoms. The fourth-order valence-corrected chi connectivity index (χ4v) is 11.9. The maximum atomic E-state index is 7.01. The summed E-state index contributed by atoms with van der Waals surface area (Å²) in [6.45, 7) is 11.1. The summed E-state index contributed by atoms with van der Waals surface area (Å²) in [6, 6.07) is 13.0. The summed E-state index contributed by atoms with van der Waals surface area (Å²) in [5.74, 6) is 5.68. The van der Waals surface area contributed by atoms with Crippen LogP contribution in [0.2, 0.25) is 0 Å². The number of fused-ring (bicyclic) bond motifs is 7. The van der Waals surface area contributed by atoms with Crippen LogP contribution in [0.25, 0.3) is 0 Å². The quantitative estimate of drug-likeness (QED) is 0.313. The Labute approximate surface area is 263 Å². The second-order valence-electron chi connectivity index (χ2n) is 16.0. The summed E-state index contributed by atoms with van der Waals surface area (Å²) in [4.78, 5) is 3.39. The van der Waals surface area contributed by atoms with Crippen molar-refractivity contribution >= 4 is 15.9 Å². The van der Waals surface area contributed by atoms with Gasteiger partial charge in [0.15, 0.2) is 0 Å². The number of aromatic amines is 1. The van der Waals surface area contributed by atoms with Gasteiger partial charge in [0.1, 0.15) is 0 Å². The van der Waals surface area contributed by atoms with Gasteiger partial charge in [0, 0.05) is 16.4 Å². The molecule has 42 heavy (non-hydrogen) atoms. The van der Waals surface area contributed by atoms with Crippen LogP contribution in [0.1, 0.15) is 103 Å². The molecule has 4 heteroatoms. The number of halogens is 1. The molecule has 7 rings (SSSR count). The van der Waals surface area contributed by atoms with Gasteiger partial charge in [-0.2, -0.15) is 0 Å². The number of hydrogen-bond donors (Lipinski definition) is 1. The molecule has 5 aliphatic rings. The molecule has 1 aromatic heterocycles. The number of benzene rings is 1. The van der Waals surface area contributed by atoms with E-state index in [1.807, 2.05) is 0 Å². The third-order valence-corrected chi connectivity index (χ3v) is 14.3. The Balaban J connectivity index is 0.960. The molecular formula is C38H54BrNO2. The minimum Gasteiger partial charge on any atom is -0.374 e. The van der Waals surface area contributed by atoms with Gasteiger partial charge in [-0.25, -0.2) is 0 Å². The second-order valence-corrected chi connectivity index (χ2v) is 16.9. The van der Waals surface area contributed by atoms with E-state index in [1.165, 1.54) is 75.5 Å². The van der Waals surface area contributed by atoms with Crippen molar-refractivity contribution in [3.05, 3.63) is 58.3 Å². The molecule has 5 fully saturated rings. The fraction of sp³-hybridized carbons (Fsp3) is 0.737. The van der Waals surface area contributed by atoms with Gasteiger partial charge in [0.05, 0.1) is 24.9 Å². The highest BCUT2D eigenvalue weighted by atomic mass is 79.9. The Hall–Kier alpha value is -1.10. The Morgan fingerprint density at radius 2 is 1.81 bits per heavy atom. The lowest BCUT2D eigenvalue weighted by Gasteiger charge is -2.61. The molecule has 0 radical (unpaired) electrons.